The van der Waals surface area contributed by atoms with Crippen LogP contribution in [-0.4, -0.2) is 41.6 Å². The number of hydrogen-bond donors (Lipinski definition) is 2. The molecule has 0 aliphatic rings. The summed E-state index contributed by atoms with van der Waals surface area (Å²) in [5.41, 5.74) is 1.94. The Kier molecular flexibility index (Phi) is 8.48. The van der Waals surface area contributed by atoms with E-state index in [9.17, 15) is 13.2 Å². The Labute approximate surface area is 180 Å². The first-order chi connectivity index (χ1) is 13.8. The Balaban J connectivity index is 1.80. The molecule has 0 bridgehead atoms. The van der Waals surface area contributed by atoms with Crippen LogP contribution >= 0.6 is 15.9 Å². The van der Waals surface area contributed by atoms with Crippen molar-refractivity contribution in [3.63, 3.8) is 0 Å². The van der Waals surface area contributed by atoms with Crippen molar-refractivity contribution in [3.8, 4) is 11.5 Å². The van der Waals surface area contributed by atoms with Crippen LogP contribution in [0.15, 0.2) is 45.8 Å². The summed E-state index contributed by atoms with van der Waals surface area (Å²) in [6.45, 7) is 2.33. The van der Waals surface area contributed by atoms with E-state index in [1.165, 1.54) is 0 Å². The molecule has 0 saturated carbocycles. The number of aryl methyl sites for hydroxylation is 1. The lowest BCUT2D eigenvalue weighted by atomic mass is 10.1. The third kappa shape index (κ3) is 6.73. The topological polar surface area (TPSA) is 93.7 Å². The summed E-state index contributed by atoms with van der Waals surface area (Å²) in [5, 5.41) is 2.79. The maximum atomic E-state index is 12.2. The van der Waals surface area contributed by atoms with Crippen LogP contribution in [0.5, 0.6) is 11.5 Å². The first kappa shape index (κ1) is 23.2. The van der Waals surface area contributed by atoms with Gasteiger partial charge in [0, 0.05) is 24.0 Å². The largest absolute Gasteiger partial charge is 0.493 e. The van der Waals surface area contributed by atoms with Crippen LogP contribution < -0.4 is 19.5 Å². The molecule has 158 valence electrons. The number of carbonyl (C=O) groups is 1. The zero-order valence-corrected chi connectivity index (χ0v) is 19.0. The molecule has 0 radical (unpaired) electrons. The number of methoxy groups -OCH3 is 2. The van der Waals surface area contributed by atoms with Gasteiger partial charge < -0.3 is 14.8 Å². The molecule has 2 rings (SSSR count). The summed E-state index contributed by atoms with van der Waals surface area (Å²) in [7, 11) is -0.487. The fourth-order valence-corrected chi connectivity index (χ4v) is 4.16. The Morgan fingerprint density at radius 3 is 2.28 bits per heavy atom. The van der Waals surface area contributed by atoms with Gasteiger partial charge in [-0.1, -0.05) is 33.6 Å². The van der Waals surface area contributed by atoms with Crippen molar-refractivity contribution >= 4 is 31.9 Å². The first-order valence-corrected chi connectivity index (χ1v) is 11.3. The van der Waals surface area contributed by atoms with Gasteiger partial charge in [0.1, 0.15) is 0 Å². The molecule has 1 amide bonds. The number of rotatable bonds is 10. The number of benzene rings is 2. The minimum atomic E-state index is -3.62. The molecule has 0 aliphatic heterocycles. The zero-order chi connectivity index (χ0) is 21.4. The van der Waals surface area contributed by atoms with Gasteiger partial charge in [-0.25, -0.2) is 13.1 Å². The SMILES string of the molecule is COc1cc(Br)c(CCNC(=O)CCNS(=O)(=O)c2ccc(C)cc2)cc1OC. The number of halogens is 1. The van der Waals surface area contributed by atoms with Gasteiger partial charge in [-0.3, -0.25) is 4.79 Å². The first-order valence-electron chi connectivity index (χ1n) is 9.00. The highest BCUT2D eigenvalue weighted by molar-refractivity contribution is 9.10. The molecule has 0 atom stereocenters. The monoisotopic (exact) mass is 484 g/mol. The molecule has 9 heteroatoms. The number of hydrogen-bond acceptors (Lipinski definition) is 5. The lowest BCUT2D eigenvalue weighted by Crippen LogP contribution is -2.31. The van der Waals surface area contributed by atoms with Crippen LogP contribution in [0.1, 0.15) is 17.5 Å². The molecule has 0 unspecified atom stereocenters. The van der Waals surface area contributed by atoms with E-state index in [0.717, 1.165) is 15.6 Å². The van der Waals surface area contributed by atoms with Gasteiger partial charge in [-0.15, -0.1) is 0 Å². The molecule has 0 spiro atoms. The van der Waals surface area contributed by atoms with Gasteiger partial charge in [0.15, 0.2) is 11.5 Å². The number of ether oxygens (including phenoxy) is 2. The van der Waals surface area contributed by atoms with Crippen molar-refractivity contribution < 1.29 is 22.7 Å². The van der Waals surface area contributed by atoms with Crippen molar-refractivity contribution in [2.45, 2.75) is 24.7 Å². The second-order valence-electron chi connectivity index (χ2n) is 6.36. The summed E-state index contributed by atoms with van der Waals surface area (Å²) >= 11 is 3.48. The molecule has 0 aliphatic carbocycles. The van der Waals surface area contributed by atoms with Gasteiger partial charge in [-0.05, 0) is 43.2 Å². The summed E-state index contributed by atoms with van der Waals surface area (Å²) in [6, 6.07) is 10.2. The molecule has 7 nitrogen and oxygen atoms in total. The fraction of sp³-hybridized carbons (Fsp3) is 0.350. The number of amides is 1. The third-order valence-electron chi connectivity index (χ3n) is 4.24. The Hall–Kier alpha value is -2.10. The second kappa shape index (κ2) is 10.6. The molecule has 29 heavy (non-hydrogen) atoms. The van der Waals surface area contributed by atoms with Crippen LogP contribution in [0.4, 0.5) is 0 Å². The van der Waals surface area contributed by atoms with E-state index in [4.69, 9.17) is 9.47 Å². The Morgan fingerprint density at radius 2 is 1.66 bits per heavy atom. The van der Waals surface area contributed by atoms with Gasteiger partial charge in [0.2, 0.25) is 15.9 Å². The lowest BCUT2D eigenvalue weighted by molar-refractivity contribution is -0.120. The number of nitrogens with one attached hydrogen (secondary N) is 2. The average molecular weight is 485 g/mol. The maximum Gasteiger partial charge on any atom is 0.240 e. The Morgan fingerprint density at radius 1 is 1.03 bits per heavy atom. The predicted molar refractivity (Wildman–Crippen MR) is 115 cm³/mol. The predicted octanol–water partition coefficient (Wildman–Crippen LogP) is 2.80. The Bertz CT molecular complexity index is 946. The lowest BCUT2D eigenvalue weighted by Gasteiger charge is -2.12. The molecule has 2 aromatic rings. The molecule has 2 N–H and O–H groups in total. The van der Waals surface area contributed by atoms with E-state index in [1.807, 2.05) is 19.1 Å². The normalized spacial score (nSPS) is 11.2. The van der Waals surface area contributed by atoms with Crippen LogP contribution in [0.3, 0.4) is 0 Å². The van der Waals surface area contributed by atoms with E-state index < -0.39 is 10.0 Å². The van der Waals surface area contributed by atoms with Gasteiger partial charge in [-0.2, -0.15) is 0 Å². The van der Waals surface area contributed by atoms with Crippen molar-refractivity contribution in [2.24, 2.45) is 0 Å². The zero-order valence-electron chi connectivity index (χ0n) is 16.6. The number of carbonyl (C=O) groups excluding carboxylic acids is 1. The van der Waals surface area contributed by atoms with Crippen LogP contribution in [0, 0.1) is 6.92 Å². The maximum absolute atomic E-state index is 12.2. The van der Waals surface area contributed by atoms with Crippen molar-refractivity contribution in [1.82, 2.24) is 10.0 Å². The summed E-state index contributed by atoms with van der Waals surface area (Å²) < 4.78 is 38.2. The minimum absolute atomic E-state index is 0.0299. The van der Waals surface area contributed by atoms with Gasteiger partial charge >= 0.3 is 0 Å². The van der Waals surface area contributed by atoms with E-state index in [1.54, 1.807) is 38.5 Å². The molecule has 0 fully saturated rings. The second-order valence-corrected chi connectivity index (χ2v) is 8.98. The molecule has 0 saturated heterocycles. The highest BCUT2D eigenvalue weighted by Gasteiger charge is 2.14. The quantitative estimate of drug-likeness (QED) is 0.540. The van der Waals surface area contributed by atoms with Gasteiger partial charge in [0.05, 0.1) is 19.1 Å². The molecular weight excluding hydrogens is 460 g/mol. The summed E-state index contributed by atoms with van der Waals surface area (Å²) in [5.74, 6) is 1.00. The van der Waals surface area contributed by atoms with Crippen LogP contribution in [0.2, 0.25) is 0 Å². The highest BCUT2D eigenvalue weighted by Crippen LogP contribution is 2.33. The number of sulfonamides is 1. The minimum Gasteiger partial charge on any atom is -0.493 e. The molecule has 2 aromatic carbocycles. The standard InChI is InChI=1S/C20H25BrN2O5S/c1-14-4-6-16(7-5-14)29(25,26)23-11-9-20(24)22-10-8-15-12-18(27-2)19(28-3)13-17(15)21/h4-7,12-13,23H,8-11H2,1-3H3,(H,22,24). The van der Waals surface area contributed by atoms with E-state index >= 15 is 0 Å². The summed E-state index contributed by atoms with van der Waals surface area (Å²) in [6.07, 6.45) is 0.639. The van der Waals surface area contributed by atoms with Crippen LogP contribution in [0.25, 0.3) is 0 Å². The summed E-state index contributed by atoms with van der Waals surface area (Å²) in [4.78, 5) is 12.2. The molecule has 0 heterocycles. The van der Waals surface area contributed by atoms with Crippen molar-refractivity contribution in [3.05, 3.63) is 52.0 Å². The third-order valence-corrected chi connectivity index (χ3v) is 6.46. The molecule has 0 aromatic heterocycles. The van der Waals surface area contributed by atoms with Crippen molar-refractivity contribution in [2.75, 3.05) is 27.3 Å². The van der Waals surface area contributed by atoms with Gasteiger partial charge in [0.25, 0.3) is 0 Å². The smallest absolute Gasteiger partial charge is 0.240 e. The fourth-order valence-electron chi connectivity index (χ4n) is 2.61. The van der Waals surface area contributed by atoms with E-state index in [0.29, 0.717) is 24.5 Å². The van der Waals surface area contributed by atoms with Crippen molar-refractivity contribution in [1.29, 1.82) is 0 Å². The van der Waals surface area contributed by atoms with E-state index in [2.05, 4.69) is 26.0 Å². The highest BCUT2D eigenvalue weighted by atomic mass is 79.9. The molecular formula is C20H25BrN2O5S. The van der Waals surface area contributed by atoms with Crippen LogP contribution in [-0.2, 0) is 21.2 Å². The average Bonchev–Trinajstić information content (AvgIpc) is 2.69. The van der Waals surface area contributed by atoms with E-state index in [-0.39, 0.29) is 23.8 Å².